The van der Waals surface area contributed by atoms with Crippen molar-refractivity contribution < 1.29 is 45.1 Å². The van der Waals surface area contributed by atoms with Crippen LogP contribution in [0, 0.1) is 0 Å². The molecule has 6 nitrogen and oxygen atoms in total. The molecule has 0 spiro atoms. The van der Waals surface area contributed by atoms with Crippen LogP contribution in [-0.4, -0.2) is 57.5 Å². The number of nitrogens with zero attached hydrogens (tertiary/aromatic N) is 3. The van der Waals surface area contributed by atoms with Gasteiger partial charge in [-0.1, -0.05) is 31.0 Å². The van der Waals surface area contributed by atoms with Crippen LogP contribution in [0.1, 0.15) is 77.5 Å². The van der Waals surface area contributed by atoms with Crippen LogP contribution < -0.4 is 4.74 Å². The summed E-state index contributed by atoms with van der Waals surface area (Å²) in [5.74, 6) is -1.97. The summed E-state index contributed by atoms with van der Waals surface area (Å²) in [5.41, 5.74) is -2.47. The lowest BCUT2D eigenvalue weighted by atomic mass is 9.78. The summed E-state index contributed by atoms with van der Waals surface area (Å²) in [6, 6.07) is 6.03. The molecule has 15 heteroatoms. The minimum absolute atomic E-state index is 0.0361. The number of fused-ring (bicyclic) bond motifs is 1. The Hall–Kier alpha value is -3.39. The average Bonchev–Trinajstić information content (AvgIpc) is 3.52. The van der Waals surface area contributed by atoms with Crippen LogP contribution in [0.4, 0.5) is 30.7 Å². The molecule has 0 aliphatic carbocycles. The Morgan fingerprint density at radius 2 is 1.83 bits per heavy atom. The van der Waals surface area contributed by atoms with E-state index < -0.39 is 64.7 Å². The maximum atomic E-state index is 15.1. The minimum atomic E-state index is -4.91. The third-order valence-electron chi connectivity index (χ3n) is 8.85. The number of carbonyl (C=O) groups is 2. The Morgan fingerprint density at radius 1 is 1.06 bits per heavy atom. The maximum absolute atomic E-state index is 15.1. The molecule has 0 N–H and O–H groups in total. The van der Waals surface area contributed by atoms with Crippen molar-refractivity contribution in [2.45, 2.75) is 88.5 Å². The smallest absolute Gasteiger partial charge is 0.425 e. The molecule has 2 aromatic heterocycles. The van der Waals surface area contributed by atoms with Gasteiger partial charge in [-0.25, -0.2) is 0 Å². The molecule has 1 saturated heterocycles. The molecule has 0 bridgehead atoms. The second-order valence-electron chi connectivity index (χ2n) is 12.0. The van der Waals surface area contributed by atoms with Crippen molar-refractivity contribution in [3.8, 4) is 5.75 Å². The lowest BCUT2D eigenvalue weighted by Gasteiger charge is -2.51. The number of hydrogen-bond donors (Lipinski definition) is 0. The second kappa shape index (κ2) is 14.2. The van der Waals surface area contributed by atoms with Crippen molar-refractivity contribution in [3.63, 3.8) is 0 Å². The number of aromatic nitrogens is 1. The number of ether oxygens (including phenoxy) is 1. The van der Waals surface area contributed by atoms with Gasteiger partial charge in [0.25, 0.3) is 11.8 Å². The first-order chi connectivity index (χ1) is 22.7. The van der Waals surface area contributed by atoms with Gasteiger partial charge in [0, 0.05) is 48.2 Å². The van der Waals surface area contributed by atoms with E-state index >= 15 is 4.79 Å². The summed E-state index contributed by atoms with van der Waals surface area (Å²) in [4.78, 5) is 34.6. The Bertz CT molecular complexity index is 1630. The monoisotopic (exact) mass is 719 g/mol. The summed E-state index contributed by atoms with van der Waals surface area (Å²) >= 11 is 6.61. The summed E-state index contributed by atoms with van der Waals surface area (Å²) < 4.78 is 103. The molecule has 2 aliphatic rings. The fourth-order valence-electron chi connectivity index (χ4n) is 6.74. The van der Waals surface area contributed by atoms with Crippen LogP contribution in [0.5, 0.6) is 5.75 Å². The maximum Gasteiger partial charge on any atom is 0.425 e. The number of thiophene rings is 1. The van der Waals surface area contributed by atoms with Gasteiger partial charge in [0.15, 0.2) is 0 Å². The van der Waals surface area contributed by atoms with Gasteiger partial charge in [0.05, 0.1) is 18.3 Å². The zero-order valence-electron chi connectivity index (χ0n) is 25.8. The molecule has 0 saturated carbocycles. The molecule has 48 heavy (non-hydrogen) atoms. The van der Waals surface area contributed by atoms with Crippen molar-refractivity contribution in [2.24, 2.45) is 0 Å². The highest BCUT2D eigenvalue weighted by Crippen LogP contribution is 2.44. The first-order valence-corrected chi connectivity index (χ1v) is 16.8. The Kier molecular flexibility index (Phi) is 10.6. The lowest BCUT2D eigenvalue weighted by molar-refractivity contribution is -0.163. The van der Waals surface area contributed by atoms with Gasteiger partial charge in [-0.2, -0.15) is 26.3 Å². The van der Waals surface area contributed by atoms with Crippen LogP contribution >= 0.6 is 22.9 Å². The number of benzene rings is 1. The molecule has 0 radical (unpaired) electrons. The first-order valence-electron chi connectivity index (χ1n) is 15.5. The quantitative estimate of drug-likeness (QED) is 0.208. The highest BCUT2D eigenvalue weighted by atomic mass is 35.5. The van der Waals surface area contributed by atoms with Gasteiger partial charge in [0.1, 0.15) is 16.3 Å². The number of hydrogen-bond acceptors (Lipinski definition) is 5. The Balaban J connectivity index is 1.63. The first kappa shape index (κ1) is 35.9. The van der Waals surface area contributed by atoms with Gasteiger partial charge in [-0.15, -0.1) is 11.3 Å². The largest absolute Gasteiger partial charge is 0.474 e. The number of carbonyl (C=O) groups excluding carboxylic acids is 2. The zero-order chi connectivity index (χ0) is 34.9. The van der Waals surface area contributed by atoms with Crippen LogP contribution in [0.15, 0.2) is 48.0 Å². The van der Waals surface area contributed by atoms with Crippen molar-refractivity contribution in [3.05, 3.63) is 80.3 Å². The van der Waals surface area contributed by atoms with E-state index in [4.69, 9.17) is 16.3 Å². The minimum Gasteiger partial charge on any atom is -0.474 e. The Labute approximate surface area is 281 Å². The van der Waals surface area contributed by atoms with Crippen molar-refractivity contribution in [1.29, 1.82) is 0 Å². The number of rotatable bonds is 9. The lowest BCUT2D eigenvalue weighted by Crippen LogP contribution is -2.69. The molecular weight excluding hydrogens is 687 g/mol. The standard InChI is InChI=1S/C33H33ClF7N3O3S/c1-2-6-26-31(47-24-17-27(48-19-24)33(39,40)41,11-5-14-43(26)29(45)28-25(32(36,37)38)8-4-13-42-28)30(46)44-18-20-9-10-22(34)15-21(20)16-23(44)7-3-12-35/h4,8-10,13,15,17,19,23,26H,2-3,5-7,11-12,14,16,18H2,1H3/t23-,26+,31-/m0/s1. The van der Waals surface area contributed by atoms with E-state index in [1.165, 1.54) is 4.90 Å². The molecule has 3 atom stereocenters. The number of halogens is 8. The van der Waals surface area contributed by atoms with Crippen molar-refractivity contribution >= 4 is 34.8 Å². The van der Waals surface area contributed by atoms with E-state index in [0.717, 1.165) is 45.8 Å². The van der Waals surface area contributed by atoms with Crippen molar-refractivity contribution in [2.75, 3.05) is 13.2 Å². The topological polar surface area (TPSA) is 62.7 Å². The molecule has 2 aliphatic heterocycles. The van der Waals surface area contributed by atoms with Crippen LogP contribution in [0.25, 0.3) is 0 Å². The highest BCUT2D eigenvalue weighted by Gasteiger charge is 2.57. The highest BCUT2D eigenvalue weighted by molar-refractivity contribution is 7.10. The summed E-state index contributed by atoms with van der Waals surface area (Å²) in [7, 11) is 0. The van der Waals surface area contributed by atoms with Gasteiger partial charge in [-0.3, -0.25) is 19.0 Å². The molecule has 5 rings (SSSR count). The van der Waals surface area contributed by atoms with Crippen LogP contribution in [0.3, 0.4) is 0 Å². The number of alkyl halides is 7. The molecular formula is C33H33ClF7N3O3S. The summed E-state index contributed by atoms with van der Waals surface area (Å²) in [6.07, 6.45) is -7.34. The summed E-state index contributed by atoms with van der Waals surface area (Å²) in [6.45, 7) is 1.12. The molecule has 3 aromatic rings. The fourth-order valence-corrected chi connectivity index (χ4v) is 7.61. The molecule has 260 valence electrons. The van der Waals surface area contributed by atoms with E-state index in [1.807, 2.05) is 0 Å². The second-order valence-corrected chi connectivity index (χ2v) is 13.3. The van der Waals surface area contributed by atoms with Gasteiger partial charge >= 0.3 is 12.4 Å². The average molecular weight is 720 g/mol. The number of likely N-dealkylation sites (tertiary alicyclic amines) is 1. The van der Waals surface area contributed by atoms with Crippen LogP contribution in [0.2, 0.25) is 5.02 Å². The predicted octanol–water partition coefficient (Wildman–Crippen LogP) is 8.76. The molecule has 4 heterocycles. The Morgan fingerprint density at radius 3 is 2.50 bits per heavy atom. The number of pyridine rings is 1. The number of piperidine rings is 1. The zero-order valence-corrected chi connectivity index (χ0v) is 27.4. The van der Waals surface area contributed by atoms with E-state index in [-0.39, 0.29) is 50.9 Å². The third-order valence-corrected chi connectivity index (χ3v) is 10.0. The van der Waals surface area contributed by atoms with Crippen molar-refractivity contribution in [1.82, 2.24) is 14.8 Å². The molecule has 1 aromatic carbocycles. The van der Waals surface area contributed by atoms with Gasteiger partial charge in [0.2, 0.25) is 5.60 Å². The van der Waals surface area contributed by atoms with Gasteiger partial charge < -0.3 is 14.5 Å². The normalized spacial score (nSPS) is 21.6. The van der Waals surface area contributed by atoms with E-state index in [1.54, 1.807) is 25.1 Å². The predicted molar refractivity (Wildman–Crippen MR) is 166 cm³/mol. The SMILES string of the molecule is CCC[C@H]1N(C(=O)c2ncccc2C(F)(F)F)CCC[C@@]1(Oc1csc(C(F)(F)F)c1)C(=O)N1Cc2ccc(Cl)cc2C[C@@H]1CCCF. The molecule has 2 amide bonds. The molecule has 0 unspecified atom stereocenters. The molecule has 1 fully saturated rings. The van der Waals surface area contributed by atoms with Crippen LogP contribution in [-0.2, 0) is 30.1 Å². The van der Waals surface area contributed by atoms with Gasteiger partial charge in [-0.05, 0) is 67.5 Å². The third kappa shape index (κ3) is 7.29. The van der Waals surface area contributed by atoms with E-state index in [0.29, 0.717) is 29.2 Å². The number of amides is 2. The van der Waals surface area contributed by atoms with E-state index in [2.05, 4.69) is 4.98 Å². The summed E-state index contributed by atoms with van der Waals surface area (Å²) in [5, 5.41) is 1.60. The van der Waals surface area contributed by atoms with E-state index in [9.17, 15) is 35.5 Å². The fraction of sp³-hybridized carbons (Fsp3) is 0.485.